The standard InChI is InChI=1S/C19H27N3O3/c1-19(24-9-10-25-19)15-6-4-8-22(13-15)18(23)21-16-11-14-5-2-3-7-17(14)20-12-16/h11-12,15H,2-10,13H2,1H3,(H,21,23)/t15-/m1/s1. The fourth-order valence-electron chi connectivity index (χ4n) is 4.21. The zero-order valence-electron chi connectivity index (χ0n) is 14.9. The number of hydrogen-bond donors (Lipinski definition) is 1. The number of rotatable bonds is 2. The normalized spacial score (nSPS) is 25.5. The first kappa shape index (κ1) is 16.8. The van der Waals surface area contributed by atoms with Gasteiger partial charge >= 0.3 is 6.03 Å². The summed E-state index contributed by atoms with van der Waals surface area (Å²) in [6.07, 6.45) is 8.32. The van der Waals surface area contributed by atoms with Gasteiger partial charge in [0.05, 0.1) is 25.1 Å². The van der Waals surface area contributed by atoms with E-state index in [9.17, 15) is 4.79 Å². The molecular weight excluding hydrogens is 318 g/mol. The number of piperidine rings is 1. The number of anilines is 1. The van der Waals surface area contributed by atoms with E-state index in [1.54, 1.807) is 6.20 Å². The van der Waals surface area contributed by atoms with E-state index in [0.29, 0.717) is 19.8 Å². The highest BCUT2D eigenvalue weighted by Crippen LogP contribution is 2.34. The van der Waals surface area contributed by atoms with Crippen molar-refractivity contribution in [3.05, 3.63) is 23.5 Å². The molecule has 6 nitrogen and oxygen atoms in total. The Morgan fingerprint density at radius 1 is 1.28 bits per heavy atom. The molecule has 0 aromatic carbocycles. The zero-order chi connectivity index (χ0) is 17.3. The Morgan fingerprint density at radius 3 is 2.92 bits per heavy atom. The number of carbonyl (C=O) groups excluding carboxylic acids is 1. The van der Waals surface area contributed by atoms with Crippen LogP contribution < -0.4 is 5.32 Å². The van der Waals surface area contributed by atoms with Gasteiger partial charge < -0.3 is 19.7 Å². The summed E-state index contributed by atoms with van der Waals surface area (Å²) in [6.45, 7) is 4.72. The van der Waals surface area contributed by atoms with Gasteiger partial charge in [-0.05, 0) is 57.1 Å². The largest absolute Gasteiger partial charge is 0.347 e. The summed E-state index contributed by atoms with van der Waals surface area (Å²) in [7, 11) is 0. The molecule has 0 saturated carbocycles. The van der Waals surface area contributed by atoms with Crippen LogP contribution in [0.25, 0.3) is 0 Å². The molecule has 0 bridgehead atoms. The highest BCUT2D eigenvalue weighted by molar-refractivity contribution is 5.89. The number of aromatic nitrogens is 1. The van der Waals surface area contributed by atoms with Crippen LogP contribution in [0.2, 0.25) is 0 Å². The van der Waals surface area contributed by atoms with Gasteiger partial charge in [-0.3, -0.25) is 4.98 Å². The van der Waals surface area contributed by atoms with Crippen molar-refractivity contribution >= 4 is 11.7 Å². The predicted molar refractivity (Wildman–Crippen MR) is 94.5 cm³/mol. The summed E-state index contributed by atoms with van der Waals surface area (Å²) in [5, 5.41) is 3.03. The highest BCUT2D eigenvalue weighted by atomic mass is 16.7. The smallest absolute Gasteiger partial charge is 0.321 e. The molecular formula is C19H27N3O3. The molecule has 1 aromatic heterocycles. The van der Waals surface area contributed by atoms with Crippen LogP contribution in [-0.4, -0.2) is 48.0 Å². The first-order valence-corrected chi connectivity index (χ1v) is 9.46. The third kappa shape index (κ3) is 3.51. The van der Waals surface area contributed by atoms with Gasteiger partial charge in [0.25, 0.3) is 0 Å². The monoisotopic (exact) mass is 345 g/mol. The molecule has 25 heavy (non-hydrogen) atoms. The molecule has 4 rings (SSSR count). The molecule has 1 atom stereocenters. The number of carbonyl (C=O) groups is 1. The van der Waals surface area contributed by atoms with E-state index in [4.69, 9.17) is 9.47 Å². The second-order valence-electron chi connectivity index (χ2n) is 7.47. The molecule has 1 N–H and O–H groups in total. The lowest BCUT2D eigenvalue weighted by molar-refractivity contribution is -0.189. The fraction of sp³-hybridized carbons (Fsp3) is 0.684. The first-order valence-electron chi connectivity index (χ1n) is 9.46. The lowest BCUT2D eigenvalue weighted by Crippen LogP contribution is -2.49. The molecule has 0 unspecified atom stereocenters. The second-order valence-corrected chi connectivity index (χ2v) is 7.47. The molecule has 1 aromatic rings. The number of amides is 2. The van der Waals surface area contributed by atoms with Crippen LogP contribution in [0.4, 0.5) is 10.5 Å². The SMILES string of the molecule is CC1([C@@H]2CCCN(C(=O)Nc3cnc4c(c3)CCCC4)C2)OCCO1. The fourth-order valence-corrected chi connectivity index (χ4v) is 4.21. The van der Waals surface area contributed by atoms with E-state index >= 15 is 0 Å². The van der Waals surface area contributed by atoms with Crippen LogP contribution in [-0.2, 0) is 22.3 Å². The van der Waals surface area contributed by atoms with Crippen LogP contribution in [0.3, 0.4) is 0 Å². The zero-order valence-corrected chi connectivity index (χ0v) is 14.9. The predicted octanol–water partition coefficient (Wildman–Crippen LogP) is 2.97. The minimum absolute atomic E-state index is 0.0520. The Bertz CT molecular complexity index is 643. The number of likely N-dealkylation sites (tertiary alicyclic amines) is 1. The topological polar surface area (TPSA) is 63.7 Å². The Morgan fingerprint density at radius 2 is 2.08 bits per heavy atom. The second kappa shape index (κ2) is 6.92. The van der Waals surface area contributed by atoms with Crippen LogP contribution in [0, 0.1) is 5.92 Å². The van der Waals surface area contributed by atoms with E-state index in [1.165, 1.54) is 24.1 Å². The number of fused-ring (bicyclic) bond motifs is 1. The Balaban J connectivity index is 1.40. The first-order chi connectivity index (χ1) is 12.1. The lowest BCUT2D eigenvalue weighted by Gasteiger charge is -2.39. The molecule has 3 aliphatic rings. The summed E-state index contributed by atoms with van der Waals surface area (Å²) in [5.41, 5.74) is 3.26. The minimum atomic E-state index is -0.549. The lowest BCUT2D eigenvalue weighted by atomic mass is 9.90. The van der Waals surface area contributed by atoms with Crippen LogP contribution in [0.5, 0.6) is 0 Å². The number of aryl methyl sites for hydroxylation is 2. The minimum Gasteiger partial charge on any atom is -0.347 e. The average molecular weight is 345 g/mol. The van der Waals surface area contributed by atoms with Crippen molar-refractivity contribution in [2.45, 2.75) is 51.2 Å². The Labute approximate surface area is 148 Å². The average Bonchev–Trinajstić information content (AvgIpc) is 3.10. The van der Waals surface area contributed by atoms with Gasteiger partial charge in [0, 0.05) is 24.7 Å². The van der Waals surface area contributed by atoms with Crippen LogP contribution >= 0.6 is 0 Å². The van der Waals surface area contributed by atoms with Crippen molar-refractivity contribution < 1.29 is 14.3 Å². The number of nitrogens with zero attached hydrogens (tertiary/aromatic N) is 2. The van der Waals surface area contributed by atoms with Crippen molar-refractivity contribution in [2.75, 3.05) is 31.6 Å². The van der Waals surface area contributed by atoms with E-state index in [2.05, 4.69) is 16.4 Å². The van der Waals surface area contributed by atoms with Gasteiger partial charge in [0.2, 0.25) is 0 Å². The summed E-state index contributed by atoms with van der Waals surface area (Å²) < 4.78 is 11.6. The maximum Gasteiger partial charge on any atom is 0.321 e. The number of nitrogens with one attached hydrogen (secondary N) is 1. The third-order valence-electron chi connectivity index (χ3n) is 5.73. The van der Waals surface area contributed by atoms with Gasteiger partial charge in [-0.15, -0.1) is 0 Å². The van der Waals surface area contributed by atoms with E-state index in [0.717, 1.165) is 37.9 Å². The molecule has 2 amide bonds. The summed E-state index contributed by atoms with van der Waals surface area (Å²) in [5.74, 6) is -0.331. The van der Waals surface area contributed by atoms with Crippen LogP contribution in [0.15, 0.2) is 12.3 Å². The molecule has 2 fully saturated rings. The highest BCUT2D eigenvalue weighted by Gasteiger charge is 2.42. The van der Waals surface area contributed by atoms with Crippen molar-refractivity contribution in [3.63, 3.8) is 0 Å². The van der Waals surface area contributed by atoms with E-state index < -0.39 is 5.79 Å². The van der Waals surface area contributed by atoms with Gasteiger partial charge in [0.15, 0.2) is 5.79 Å². The van der Waals surface area contributed by atoms with E-state index in [1.807, 2.05) is 11.8 Å². The number of ether oxygens (including phenoxy) is 2. The molecule has 6 heteroatoms. The number of pyridine rings is 1. The van der Waals surface area contributed by atoms with Crippen LogP contribution in [0.1, 0.15) is 43.9 Å². The third-order valence-corrected chi connectivity index (χ3v) is 5.73. The molecule has 3 heterocycles. The summed E-state index contributed by atoms with van der Waals surface area (Å²) in [6, 6.07) is 2.04. The quantitative estimate of drug-likeness (QED) is 0.895. The molecule has 0 radical (unpaired) electrons. The van der Waals surface area contributed by atoms with Crippen molar-refractivity contribution in [2.24, 2.45) is 5.92 Å². The summed E-state index contributed by atoms with van der Waals surface area (Å²) in [4.78, 5) is 19.1. The van der Waals surface area contributed by atoms with Crippen molar-refractivity contribution in [1.82, 2.24) is 9.88 Å². The Hall–Kier alpha value is -1.66. The van der Waals surface area contributed by atoms with Gasteiger partial charge in [0.1, 0.15) is 0 Å². The molecule has 136 valence electrons. The van der Waals surface area contributed by atoms with Crippen molar-refractivity contribution in [3.8, 4) is 0 Å². The van der Waals surface area contributed by atoms with Gasteiger partial charge in [-0.2, -0.15) is 0 Å². The molecule has 0 spiro atoms. The molecule has 2 aliphatic heterocycles. The van der Waals surface area contributed by atoms with Crippen molar-refractivity contribution in [1.29, 1.82) is 0 Å². The van der Waals surface area contributed by atoms with Gasteiger partial charge in [-0.1, -0.05) is 0 Å². The molecule has 1 aliphatic carbocycles. The number of urea groups is 1. The maximum atomic E-state index is 12.7. The maximum absolute atomic E-state index is 12.7. The number of hydrogen-bond acceptors (Lipinski definition) is 4. The van der Waals surface area contributed by atoms with E-state index in [-0.39, 0.29) is 11.9 Å². The Kier molecular flexibility index (Phi) is 4.65. The summed E-state index contributed by atoms with van der Waals surface area (Å²) >= 11 is 0. The van der Waals surface area contributed by atoms with Gasteiger partial charge in [-0.25, -0.2) is 4.79 Å². The molecule has 2 saturated heterocycles.